The maximum absolute atomic E-state index is 12.8. The molecule has 0 aliphatic carbocycles. The quantitative estimate of drug-likeness (QED) is 0.370. The average Bonchev–Trinajstić information content (AvgIpc) is 2.70. The third kappa shape index (κ3) is 6.10. The van der Waals surface area contributed by atoms with Crippen molar-refractivity contribution in [3.05, 3.63) is 86.9 Å². The van der Waals surface area contributed by atoms with E-state index in [1.54, 1.807) is 18.2 Å². The van der Waals surface area contributed by atoms with Gasteiger partial charge >= 0.3 is 12.2 Å². The Kier molecular flexibility index (Phi) is 7.61. The molecule has 0 fully saturated rings. The van der Waals surface area contributed by atoms with Crippen LogP contribution in [-0.4, -0.2) is 11.9 Å². The molecule has 11 heteroatoms. The van der Waals surface area contributed by atoms with Crippen LogP contribution in [-0.2, 0) is 6.18 Å². The van der Waals surface area contributed by atoms with Crippen LogP contribution < -0.4 is 10.6 Å². The molecule has 0 saturated heterocycles. The number of urea groups is 1. The van der Waals surface area contributed by atoms with Gasteiger partial charge < -0.3 is 5.32 Å². The molecular formula is C21H12Cl3F3N2O2S. The van der Waals surface area contributed by atoms with E-state index in [2.05, 4.69) is 10.6 Å². The summed E-state index contributed by atoms with van der Waals surface area (Å²) in [4.78, 5) is 25.1. The number of hydrogen-bond acceptors (Lipinski definition) is 3. The second-order valence-corrected chi connectivity index (χ2v) is 8.58. The molecule has 3 aromatic carbocycles. The Hall–Kier alpha value is -2.39. The zero-order chi connectivity index (χ0) is 23.5. The molecule has 0 aliphatic heterocycles. The van der Waals surface area contributed by atoms with E-state index in [0.29, 0.717) is 15.5 Å². The summed E-state index contributed by atoms with van der Waals surface area (Å²) in [6.45, 7) is 0. The van der Waals surface area contributed by atoms with Gasteiger partial charge in [0.15, 0.2) is 0 Å². The summed E-state index contributed by atoms with van der Waals surface area (Å²) in [7, 11) is 0. The van der Waals surface area contributed by atoms with Crippen LogP contribution in [0.25, 0.3) is 0 Å². The average molecular weight is 520 g/mol. The van der Waals surface area contributed by atoms with Crippen LogP contribution in [0.5, 0.6) is 0 Å². The number of hydrogen-bond donors (Lipinski definition) is 2. The molecule has 4 nitrogen and oxygen atoms in total. The Labute approximate surface area is 200 Å². The fraction of sp³-hybridized carbons (Fsp3) is 0.0476. The molecule has 0 aliphatic rings. The molecule has 0 heterocycles. The number of amides is 3. The number of alkyl halides is 3. The summed E-state index contributed by atoms with van der Waals surface area (Å²) in [6.07, 6.45) is -4.49. The van der Waals surface area contributed by atoms with Crippen molar-refractivity contribution in [2.24, 2.45) is 0 Å². The van der Waals surface area contributed by atoms with Gasteiger partial charge in [-0.05, 0) is 48.5 Å². The van der Waals surface area contributed by atoms with E-state index in [9.17, 15) is 22.8 Å². The molecule has 0 spiro atoms. The molecule has 2 N–H and O–H groups in total. The molecule has 0 saturated carbocycles. The lowest BCUT2D eigenvalue weighted by Gasteiger charge is -2.12. The number of imide groups is 1. The van der Waals surface area contributed by atoms with E-state index in [0.717, 1.165) is 23.9 Å². The van der Waals surface area contributed by atoms with Crippen LogP contribution in [0.2, 0.25) is 15.1 Å². The highest BCUT2D eigenvalue weighted by atomic mass is 35.5. The molecule has 0 aromatic heterocycles. The number of carbonyl (C=O) groups is 2. The van der Waals surface area contributed by atoms with Gasteiger partial charge in [-0.1, -0.05) is 58.7 Å². The van der Waals surface area contributed by atoms with E-state index in [1.165, 1.54) is 30.3 Å². The van der Waals surface area contributed by atoms with Crippen molar-refractivity contribution in [2.75, 3.05) is 5.32 Å². The van der Waals surface area contributed by atoms with Crippen molar-refractivity contribution in [1.82, 2.24) is 5.32 Å². The van der Waals surface area contributed by atoms with Gasteiger partial charge in [-0.15, -0.1) is 0 Å². The Morgan fingerprint density at radius 1 is 0.812 bits per heavy atom. The van der Waals surface area contributed by atoms with Crippen molar-refractivity contribution >= 4 is 64.2 Å². The summed E-state index contributed by atoms with van der Waals surface area (Å²) in [5.41, 5.74) is -0.417. The molecular weight excluding hydrogens is 508 g/mol. The first-order valence-electron chi connectivity index (χ1n) is 8.75. The van der Waals surface area contributed by atoms with E-state index in [1.807, 2.05) is 0 Å². The van der Waals surface area contributed by atoms with Gasteiger partial charge in [-0.25, -0.2) is 4.79 Å². The lowest BCUT2D eigenvalue weighted by molar-refractivity contribution is -0.137. The Bertz CT molecular complexity index is 1190. The minimum absolute atomic E-state index is 0.0689. The minimum Gasteiger partial charge on any atom is -0.308 e. The zero-order valence-corrected chi connectivity index (χ0v) is 18.9. The van der Waals surface area contributed by atoms with Gasteiger partial charge in [0.1, 0.15) is 0 Å². The van der Waals surface area contributed by atoms with Crippen molar-refractivity contribution < 1.29 is 22.8 Å². The van der Waals surface area contributed by atoms with Gasteiger partial charge in [-0.2, -0.15) is 13.2 Å². The van der Waals surface area contributed by atoms with Crippen LogP contribution in [0.4, 0.5) is 23.7 Å². The van der Waals surface area contributed by atoms with Crippen LogP contribution in [0.1, 0.15) is 15.9 Å². The minimum atomic E-state index is -4.49. The third-order valence-corrected chi connectivity index (χ3v) is 6.35. The topological polar surface area (TPSA) is 58.2 Å². The monoisotopic (exact) mass is 518 g/mol. The highest BCUT2D eigenvalue weighted by Gasteiger charge is 2.31. The fourth-order valence-electron chi connectivity index (χ4n) is 2.52. The normalized spacial score (nSPS) is 11.2. The first-order chi connectivity index (χ1) is 15.0. The fourth-order valence-corrected chi connectivity index (χ4v) is 4.15. The predicted octanol–water partition coefficient (Wildman–Crippen LogP) is 7.78. The van der Waals surface area contributed by atoms with E-state index < -0.39 is 23.7 Å². The second-order valence-electron chi connectivity index (χ2n) is 6.28. The number of halogens is 6. The largest absolute Gasteiger partial charge is 0.416 e. The van der Waals surface area contributed by atoms with Crippen LogP contribution in [0.3, 0.4) is 0 Å². The highest BCUT2D eigenvalue weighted by molar-refractivity contribution is 7.99. The first kappa shape index (κ1) is 24.3. The molecule has 0 atom stereocenters. The number of nitrogens with one attached hydrogen (secondary N) is 2. The van der Waals surface area contributed by atoms with Crippen LogP contribution in [0, 0.1) is 0 Å². The standard InChI is InChI=1S/C21H12Cl3F3N2O2S/c22-14-4-2-1-3-13(14)19(30)29-20(31)28-12-6-8-18(16(24)10-12)32-17-7-5-11(9-15(17)23)21(25,26)27/h1-10H,(H2,28,29,30,31). The molecule has 0 unspecified atom stereocenters. The third-order valence-electron chi connectivity index (χ3n) is 4.01. The Morgan fingerprint density at radius 3 is 2.03 bits per heavy atom. The smallest absolute Gasteiger partial charge is 0.308 e. The highest BCUT2D eigenvalue weighted by Crippen LogP contribution is 2.40. The summed E-state index contributed by atoms with van der Waals surface area (Å²) in [6, 6.07) is 13.0. The van der Waals surface area contributed by atoms with Gasteiger partial charge in [0, 0.05) is 15.5 Å². The van der Waals surface area contributed by atoms with Gasteiger partial charge in [0.05, 0.1) is 26.2 Å². The van der Waals surface area contributed by atoms with Gasteiger partial charge in [0.2, 0.25) is 0 Å². The zero-order valence-electron chi connectivity index (χ0n) is 15.8. The van der Waals surface area contributed by atoms with Crippen LogP contribution >= 0.6 is 46.6 Å². The van der Waals surface area contributed by atoms with Crippen molar-refractivity contribution in [3.63, 3.8) is 0 Å². The molecule has 3 aromatic rings. The Morgan fingerprint density at radius 2 is 1.44 bits per heavy atom. The molecule has 32 heavy (non-hydrogen) atoms. The lowest BCUT2D eigenvalue weighted by Crippen LogP contribution is -2.34. The predicted molar refractivity (Wildman–Crippen MR) is 120 cm³/mol. The summed E-state index contributed by atoms with van der Waals surface area (Å²) in [5, 5.41) is 4.98. The maximum atomic E-state index is 12.8. The summed E-state index contributed by atoms with van der Waals surface area (Å²) in [5.74, 6) is -0.677. The van der Waals surface area contributed by atoms with Gasteiger partial charge in [0.25, 0.3) is 5.91 Å². The Balaban J connectivity index is 1.67. The lowest BCUT2D eigenvalue weighted by atomic mass is 10.2. The molecule has 3 rings (SSSR count). The second kappa shape index (κ2) is 10.0. The number of benzene rings is 3. The van der Waals surface area contributed by atoms with E-state index in [-0.39, 0.29) is 20.6 Å². The SMILES string of the molecule is O=C(NC(=O)c1ccccc1Cl)Nc1ccc(Sc2ccc(C(F)(F)F)cc2Cl)c(Cl)c1. The van der Waals surface area contributed by atoms with Crippen molar-refractivity contribution in [2.45, 2.75) is 16.0 Å². The van der Waals surface area contributed by atoms with Gasteiger partial charge in [-0.3, -0.25) is 10.1 Å². The molecule has 0 radical (unpaired) electrons. The first-order valence-corrected chi connectivity index (χ1v) is 10.7. The molecule has 3 amide bonds. The van der Waals surface area contributed by atoms with Crippen molar-refractivity contribution in [1.29, 1.82) is 0 Å². The summed E-state index contributed by atoms with van der Waals surface area (Å²) >= 11 is 19.2. The number of rotatable bonds is 4. The maximum Gasteiger partial charge on any atom is 0.416 e. The summed E-state index contributed by atoms with van der Waals surface area (Å²) < 4.78 is 38.3. The number of carbonyl (C=O) groups excluding carboxylic acids is 2. The number of anilines is 1. The molecule has 0 bridgehead atoms. The van der Waals surface area contributed by atoms with E-state index >= 15 is 0 Å². The molecule has 166 valence electrons. The van der Waals surface area contributed by atoms with Crippen molar-refractivity contribution in [3.8, 4) is 0 Å². The van der Waals surface area contributed by atoms with E-state index in [4.69, 9.17) is 34.8 Å². The van der Waals surface area contributed by atoms with Crippen LogP contribution in [0.15, 0.2) is 70.5 Å².